The van der Waals surface area contributed by atoms with Crippen molar-refractivity contribution >= 4 is 26.0 Å². The molecule has 0 bridgehead atoms. The van der Waals surface area contributed by atoms with Crippen molar-refractivity contribution in [3.8, 4) is 0 Å². The van der Waals surface area contributed by atoms with Gasteiger partial charge in [0.1, 0.15) is 10.7 Å². The van der Waals surface area contributed by atoms with Crippen LogP contribution in [0.25, 0.3) is 0 Å². The van der Waals surface area contributed by atoms with Crippen LogP contribution in [0.15, 0.2) is 20.0 Å². The molecule has 0 amide bonds. The van der Waals surface area contributed by atoms with E-state index in [1.165, 1.54) is 6.42 Å². The molecule has 7 heteroatoms. The highest BCUT2D eigenvalue weighted by Crippen LogP contribution is 2.32. The lowest BCUT2D eigenvalue weighted by molar-refractivity contribution is 0.294. The Morgan fingerprint density at radius 2 is 2.00 bits per heavy atom. The van der Waals surface area contributed by atoms with Crippen LogP contribution in [0, 0.1) is 0 Å². The van der Waals surface area contributed by atoms with E-state index < -0.39 is 10.0 Å². The van der Waals surface area contributed by atoms with Crippen molar-refractivity contribution in [1.82, 2.24) is 10.0 Å². The Labute approximate surface area is 128 Å². The number of nitrogens with one attached hydrogen (secondary N) is 2. The minimum atomic E-state index is -3.56. The average Bonchev–Trinajstić information content (AvgIpc) is 2.71. The third-order valence-electron chi connectivity index (χ3n) is 3.68. The maximum absolute atomic E-state index is 12.5. The van der Waals surface area contributed by atoms with Crippen molar-refractivity contribution in [2.24, 2.45) is 0 Å². The number of halogens is 1. The van der Waals surface area contributed by atoms with E-state index >= 15 is 0 Å². The van der Waals surface area contributed by atoms with E-state index in [9.17, 15) is 8.42 Å². The summed E-state index contributed by atoms with van der Waals surface area (Å²) < 4.78 is 33.5. The Morgan fingerprint density at radius 3 is 2.60 bits per heavy atom. The van der Waals surface area contributed by atoms with Crippen molar-refractivity contribution in [3.05, 3.63) is 16.5 Å². The van der Waals surface area contributed by atoms with Gasteiger partial charge in [-0.2, -0.15) is 0 Å². The number of furan rings is 1. The van der Waals surface area contributed by atoms with Gasteiger partial charge in [0, 0.05) is 11.6 Å². The zero-order valence-electron chi connectivity index (χ0n) is 11.8. The van der Waals surface area contributed by atoms with Gasteiger partial charge in [0.25, 0.3) is 0 Å². The molecule has 1 aromatic rings. The molecule has 0 atom stereocenters. The van der Waals surface area contributed by atoms with Crippen molar-refractivity contribution in [2.45, 2.75) is 56.0 Å². The van der Waals surface area contributed by atoms with E-state index in [1.807, 2.05) is 6.92 Å². The maximum Gasteiger partial charge on any atom is 0.245 e. The van der Waals surface area contributed by atoms with Gasteiger partial charge >= 0.3 is 0 Å². The molecule has 1 fully saturated rings. The fourth-order valence-electron chi connectivity index (χ4n) is 2.66. The molecule has 0 spiro atoms. The molecule has 0 aliphatic heterocycles. The maximum atomic E-state index is 12.5. The zero-order chi connectivity index (χ0) is 14.8. The topological polar surface area (TPSA) is 71.3 Å². The van der Waals surface area contributed by atoms with Crippen molar-refractivity contribution < 1.29 is 12.8 Å². The molecular weight excluding hydrogens is 344 g/mol. The largest absolute Gasteiger partial charge is 0.452 e. The highest BCUT2D eigenvalue weighted by atomic mass is 79.9. The minimum absolute atomic E-state index is 0.176. The predicted molar refractivity (Wildman–Crippen MR) is 81.0 cm³/mol. The minimum Gasteiger partial charge on any atom is -0.452 e. The number of hydrogen-bond donors (Lipinski definition) is 2. The molecule has 1 aromatic heterocycles. The van der Waals surface area contributed by atoms with Gasteiger partial charge in [-0.1, -0.05) is 19.3 Å². The molecular formula is C13H21BrN2O3S. The van der Waals surface area contributed by atoms with E-state index in [0.717, 1.165) is 25.7 Å². The summed E-state index contributed by atoms with van der Waals surface area (Å²) in [5, 5.41) is 2.94. The van der Waals surface area contributed by atoms with E-state index in [0.29, 0.717) is 12.3 Å². The highest BCUT2D eigenvalue weighted by molar-refractivity contribution is 9.10. The van der Waals surface area contributed by atoms with Crippen LogP contribution in [-0.2, 0) is 16.6 Å². The first-order chi connectivity index (χ1) is 9.36. The molecule has 0 aromatic carbocycles. The van der Waals surface area contributed by atoms with Crippen LogP contribution < -0.4 is 10.0 Å². The Morgan fingerprint density at radius 1 is 1.35 bits per heavy atom. The molecule has 0 radical (unpaired) electrons. The standard InChI is InChI=1S/C13H21BrN2O3S/c1-13(6-4-3-5-7-13)16-20(17,18)11-8-10(9-15-2)19-12(11)14/h8,15-16H,3-7,9H2,1-2H3. The summed E-state index contributed by atoms with van der Waals surface area (Å²) >= 11 is 3.19. The van der Waals surface area contributed by atoms with E-state index in [1.54, 1.807) is 13.1 Å². The van der Waals surface area contributed by atoms with Crippen LogP contribution in [-0.4, -0.2) is 21.0 Å². The number of hydrogen-bond acceptors (Lipinski definition) is 4. The van der Waals surface area contributed by atoms with Crippen LogP contribution in [0.4, 0.5) is 0 Å². The molecule has 1 aliphatic rings. The van der Waals surface area contributed by atoms with E-state index in [2.05, 4.69) is 26.0 Å². The van der Waals surface area contributed by atoms with Crippen LogP contribution >= 0.6 is 15.9 Å². The third kappa shape index (κ3) is 3.63. The summed E-state index contributed by atoms with van der Waals surface area (Å²) in [6.07, 6.45) is 5.07. The fourth-order valence-corrected chi connectivity index (χ4v) is 5.12. The lowest BCUT2D eigenvalue weighted by Gasteiger charge is -2.33. The van der Waals surface area contributed by atoms with Crippen LogP contribution in [0.1, 0.15) is 44.8 Å². The first-order valence-corrected chi connectivity index (χ1v) is 9.11. The SMILES string of the molecule is CNCc1cc(S(=O)(=O)NC2(C)CCCCC2)c(Br)o1. The summed E-state index contributed by atoms with van der Waals surface area (Å²) in [5.41, 5.74) is -0.350. The Bertz CT molecular complexity index is 562. The summed E-state index contributed by atoms with van der Waals surface area (Å²) in [7, 11) is -1.78. The summed E-state index contributed by atoms with van der Waals surface area (Å²) in [4.78, 5) is 0.176. The Kier molecular flexibility index (Phi) is 4.94. The summed E-state index contributed by atoms with van der Waals surface area (Å²) in [6.45, 7) is 2.47. The molecule has 2 rings (SSSR count). The van der Waals surface area contributed by atoms with Gasteiger partial charge in [-0.3, -0.25) is 0 Å². The fraction of sp³-hybridized carbons (Fsp3) is 0.692. The Hall–Kier alpha value is -0.370. The molecule has 2 N–H and O–H groups in total. The molecule has 114 valence electrons. The smallest absolute Gasteiger partial charge is 0.245 e. The van der Waals surface area contributed by atoms with Gasteiger partial charge in [0.05, 0.1) is 6.54 Å². The van der Waals surface area contributed by atoms with Crippen LogP contribution in [0.2, 0.25) is 0 Å². The molecule has 1 aliphatic carbocycles. The van der Waals surface area contributed by atoms with Gasteiger partial charge in [-0.05, 0) is 42.7 Å². The number of rotatable bonds is 5. The second kappa shape index (κ2) is 6.17. The number of sulfonamides is 1. The van der Waals surface area contributed by atoms with Crippen molar-refractivity contribution in [1.29, 1.82) is 0 Å². The lowest BCUT2D eigenvalue weighted by atomic mass is 9.84. The quantitative estimate of drug-likeness (QED) is 0.842. The van der Waals surface area contributed by atoms with Gasteiger partial charge in [0.2, 0.25) is 10.0 Å². The van der Waals surface area contributed by atoms with Crippen molar-refractivity contribution in [2.75, 3.05) is 7.05 Å². The molecule has 0 unspecified atom stereocenters. The second-order valence-electron chi connectivity index (χ2n) is 5.61. The molecule has 0 saturated heterocycles. The van der Waals surface area contributed by atoms with Crippen LogP contribution in [0.5, 0.6) is 0 Å². The second-order valence-corrected chi connectivity index (χ2v) is 7.98. The molecule has 5 nitrogen and oxygen atoms in total. The normalized spacial score (nSPS) is 19.1. The summed E-state index contributed by atoms with van der Waals surface area (Å²) in [5.74, 6) is 0.591. The molecule has 1 saturated carbocycles. The first kappa shape index (κ1) is 16.0. The van der Waals surface area contributed by atoms with E-state index in [-0.39, 0.29) is 15.1 Å². The van der Waals surface area contributed by atoms with Crippen molar-refractivity contribution in [3.63, 3.8) is 0 Å². The molecule has 1 heterocycles. The zero-order valence-corrected chi connectivity index (χ0v) is 14.2. The summed E-state index contributed by atoms with van der Waals surface area (Å²) in [6, 6.07) is 1.56. The Balaban J connectivity index is 2.21. The average molecular weight is 365 g/mol. The van der Waals surface area contributed by atoms with Gasteiger partial charge in [-0.15, -0.1) is 0 Å². The molecule has 20 heavy (non-hydrogen) atoms. The van der Waals surface area contributed by atoms with Crippen LogP contribution in [0.3, 0.4) is 0 Å². The monoisotopic (exact) mass is 364 g/mol. The van der Waals surface area contributed by atoms with Gasteiger partial charge in [-0.25, -0.2) is 13.1 Å². The lowest BCUT2D eigenvalue weighted by Crippen LogP contribution is -2.47. The first-order valence-electron chi connectivity index (χ1n) is 6.83. The van der Waals surface area contributed by atoms with Gasteiger partial charge < -0.3 is 9.73 Å². The van der Waals surface area contributed by atoms with Gasteiger partial charge in [0.15, 0.2) is 4.67 Å². The predicted octanol–water partition coefficient (Wildman–Crippen LogP) is 2.76. The van der Waals surface area contributed by atoms with E-state index in [4.69, 9.17) is 4.42 Å². The highest BCUT2D eigenvalue weighted by Gasteiger charge is 2.34. The third-order valence-corrected chi connectivity index (χ3v) is 6.18.